The molecule has 106 valence electrons. The Morgan fingerprint density at radius 2 is 2.05 bits per heavy atom. The third-order valence-electron chi connectivity index (χ3n) is 3.99. The zero-order valence-corrected chi connectivity index (χ0v) is 12.9. The lowest BCUT2D eigenvalue weighted by Crippen LogP contribution is -2.15. The highest BCUT2D eigenvalue weighted by atomic mass is 32.1. The Kier molecular flexibility index (Phi) is 4.48. The molecule has 1 fully saturated rings. The van der Waals surface area contributed by atoms with Crippen LogP contribution >= 0.6 is 11.3 Å². The van der Waals surface area contributed by atoms with E-state index in [1.165, 1.54) is 40.4 Å². The van der Waals surface area contributed by atoms with Crippen molar-refractivity contribution in [1.29, 1.82) is 0 Å². The summed E-state index contributed by atoms with van der Waals surface area (Å²) in [5.41, 5.74) is 2.48. The molecule has 0 amide bonds. The van der Waals surface area contributed by atoms with Crippen molar-refractivity contribution in [1.82, 2.24) is 10.3 Å². The van der Waals surface area contributed by atoms with Crippen LogP contribution < -0.4 is 5.32 Å². The highest BCUT2D eigenvalue weighted by molar-refractivity contribution is 7.12. The second-order valence-electron chi connectivity index (χ2n) is 5.42. The van der Waals surface area contributed by atoms with Crippen LogP contribution in [-0.4, -0.2) is 18.1 Å². The third-order valence-corrected chi connectivity index (χ3v) is 5.27. The monoisotopic (exact) mass is 286 g/mol. The van der Waals surface area contributed by atoms with E-state index in [9.17, 15) is 0 Å². The second kappa shape index (κ2) is 6.51. The van der Waals surface area contributed by atoms with Crippen LogP contribution in [0.15, 0.2) is 30.3 Å². The third kappa shape index (κ3) is 2.94. The molecule has 3 heteroatoms. The van der Waals surface area contributed by atoms with Gasteiger partial charge >= 0.3 is 0 Å². The molecule has 1 N–H and O–H groups in total. The summed E-state index contributed by atoms with van der Waals surface area (Å²) in [7, 11) is 0. The zero-order chi connectivity index (χ0) is 13.8. The summed E-state index contributed by atoms with van der Waals surface area (Å²) >= 11 is 1.94. The molecule has 1 aromatic heterocycles. The highest BCUT2D eigenvalue weighted by Gasteiger charge is 2.24. The van der Waals surface area contributed by atoms with E-state index in [0.29, 0.717) is 0 Å². The fourth-order valence-electron chi connectivity index (χ4n) is 2.57. The van der Waals surface area contributed by atoms with E-state index in [2.05, 4.69) is 42.6 Å². The molecule has 0 radical (unpaired) electrons. The maximum atomic E-state index is 4.97. The minimum Gasteiger partial charge on any atom is -0.317 e. The Hall–Kier alpha value is -1.19. The molecule has 0 spiro atoms. The fourth-order valence-corrected chi connectivity index (χ4v) is 3.83. The number of nitrogens with zero attached hydrogens (tertiary/aromatic N) is 1. The van der Waals surface area contributed by atoms with Crippen molar-refractivity contribution in [2.45, 2.75) is 38.5 Å². The van der Waals surface area contributed by atoms with Gasteiger partial charge in [0, 0.05) is 22.9 Å². The SMILES string of the molecule is CCNCCc1sc(C2CCC2)nc1-c1ccccc1. The van der Waals surface area contributed by atoms with Gasteiger partial charge in [-0.2, -0.15) is 0 Å². The average Bonchev–Trinajstić information content (AvgIpc) is 2.82. The van der Waals surface area contributed by atoms with E-state index in [0.717, 1.165) is 25.4 Å². The van der Waals surface area contributed by atoms with Gasteiger partial charge in [-0.15, -0.1) is 11.3 Å². The summed E-state index contributed by atoms with van der Waals surface area (Å²) in [5.74, 6) is 0.732. The number of hydrogen-bond acceptors (Lipinski definition) is 3. The molecule has 20 heavy (non-hydrogen) atoms. The van der Waals surface area contributed by atoms with Gasteiger partial charge in [-0.3, -0.25) is 0 Å². The molecular formula is C17H22N2S. The Bertz CT molecular complexity index is 543. The first-order valence-electron chi connectivity index (χ1n) is 7.64. The van der Waals surface area contributed by atoms with Crippen LogP contribution in [0.25, 0.3) is 11.3 Å². The predicted molar refractivity (Wildman–Crippen MR) is 86.4 cm³/mol. The Labute approximate surface area is 125 Å². The lowest BCUT2D eigenvalue weighted by molar-refractivity contribution is 0.418. The van der Waals surface area contributed by atoms with E-state index < -0.39 is 0 Å². The zero-order valence-electron chi connectivity index (χ0n) is 12.1. The molecule has 1 aromatic carbocycles. The second-order valence-corrected chi connectivity index (χ2v) is 6.54. The first-order valence-corrected chi connectivity index (χ1v) is 8.46. The number of benzene rings is 1. The number of hydrogen-bond donors (Lipinski definition) is 1. The summed E-state index contributed by atoms with van der Waals surface area (Å²) in [5, 5.41) is 4.78. The van der Waals surface area contributed by atoms with Crippen LogP contribution in [0.1, 0.15) is 42.0 Å². The van der Waals surface area contributed by atoms with E-state index in [4.69, 9.17) is 4.98 Å². The van der Waals surface area contributed by atoms with Crippen LogP contribution in [0.4, 0.5) is 0 Å². The van der Waals surface area contributed by atoms with Gasteiger partial charge in [-0.05, 0) is 25.8 Å². The molecule has 0 saturated heterocycles. The van der Waals surface area contributed by atoms with Crippen LogP contribution in [-0.2, 0) is 6.42 Å². The first kappa shape index (κ1) is 13.8. The number of likely N-dealkylation sites (N-methyl/N-ethyl adjacent to an activating group) is 1. The molecule has 0 aliphatic heterocycles. The maximum absolute atomic E-state index is 4.97. The molecule has 0 bridgehead atoms. The van der Waals surface area contributed by atoms with Gasteiger partial charge in [-0.25, -0.2) is 4.98 Å². The summed E-state index contributed by atoms with van der Waals surface area (Å²) in [6.07, 6.45) is 5.11. The van der Waals surface area contributed by atoms with E-state index in [-0.39, 0.29) is 0 Å². The normalized spacial score (nSPS) is 15.2. The minimum atomic E-state index is 0.732. The Morgan fingerprint density at radius 1 is 1.25 bits per heavy atom. The summed E-state index contributed by atoms with van der Waals surface area (Å²) < 4.78 is 0. The Morgan fingerprint density at radius 3 is 2.70 bits per heavy atom. The number of aromatic nitrogens is 1. The molecule has 0 atom stereocenters. The molecule has 1 heterocycles. The molecular weight excluding hydrogens is 264 g/mol. The molecule has 1 aliphatic carbocycles. The van der Waals surface area contributed by atoms with Crippen LogP contribution in [0.2, 0.25) is 0 Å². The summed E-state index contributed by atoms with van der Waals surface area (Å²) in [6.45, 7) is 4.24. The van der Waals surface area contributed by atoms with Crippen molar-refractivity contribution in [2.75, 3.05) is 13.1 Å². The summed E-state index contributed by atoms with van der Waals surface area (Å²) in [6, 6.07) is 10.6. The van der Waals surface area contributed by atoms with Crippen molar-refractivity contribution >= 4 is 11.3 Å². The smallest absolute Gasteiger partial charge is 0.0966 e. The Balaban J connectivity index is 1.86. The van der Waals surface area contributed by atoms with Crippen LogP contribution in [0.3, 0.4) is 0 Å². The molecule has 1 saturated carbocycles. The first-order chi connectivity index (χ1) is 9.88. The van der Waals surface area contributed by atoms with Crippen molar-refractivity contribution in [3.8, 4) is 11.3 Å². The van der Waals surface area contributed by atoms with Gasteiger partial charge in [0.25, 0.3) is 0 Å². The van der Waals surface area contributed by atoms with Gasteiger partial charge in [-0.1, -0.05) is 43.7 Å². The van der Waals surface area contributed by atoms with Gasteiger partial charge in [0.2, 0.25) is 0 Å². The van der Waals surface area contributed by atoms with Crippen LogP contribution in [0.5, 0.6) is 0 Å². The van der Waals surface area contributed by atoms with Crippen molar-refractivity contribution in [2.24, 2.45) is 0 Å². The fraction of sp³-hybridized carbons (Fsp3) is 0.471. The van der Waals surface area contributed by atoms with Gasteiger partial charge in [0.05, 0.1) is 10.7 Å². The quantitative estimate of drug-likeness (QED) is 0.804. The van der Waals surface area contributed by atoms with Crippen molar-refractivity contribution in [3.05, 3.63) is 40.2 Å². The lowest BCUT2D eigenvalue weighted by Gasteiger charge is -2.22. The van der Waals surface area contributed by atoms with Crippen molar-refractivity contribution < 1.29 is 0 Å². The van der Waals surface area contributed by atoms with Gasteiger partial charge in [0.15, 0.2) is 0 Å². The van der Waals surface area contributed by atoms with Gasteiger partial charge in [0.1, 0.15) is 0 Å². The van der Waals surface area contributed by atoms with Gasteiger partial charge < -0.3 is 5.32 Å². The standard InChI is InChI=1S/C17H22N2S/c1-2-18-12-11-15-16(13-7-4-3-5-8-13)19-17(20-15)14-9-6-10-14/h3-5,7-8,14,18H,2,6,9-12H2,1H3. The number of rotatable bonds is 6. The van der Waals surface area contributed by atoms with Crippen LogP contribution in [0, 0.1) is 0 Å². The average molecular weight is 286 g/mol. The van der Waals surface area contributed by atoms with Crippen molar-refractivity contribution in [3.63, 3.8) is 0 Å². The summed E-state index contributed by atoms with van der Waals surface area (Å²) in [4.78, 5) is 6.42. The number of thiazole rings is 1. The van der Waals surface area contributed by atoms with E-state index >= 15 is 0 Å². The molecule has 3 rings (SSSR count). The predicted octanol–water partition coefficient (Wildman–Crippen LogP) is 4.23. The van der Waals surface area contributed by atoms with E-state index in [1.807, 2.05) is 11.3 Å². The number of nitrogens with one attached hydrogen (secondary N) is 1. The molecule has 1 aliphatic rings. The minimum absolute atomic E-state index is 0.732. The largest absolute Gasteiger partial charge is 0.317 e. The maximum Gasteiger partial charge on any atom is 0.0966 e. The topological polar surface area (TPSA) is 24.9 Å². The lowest BCUT2D eigenvalue weighted by atomic mass is 9.86. The molecule has 2 aromatic rings. The van der Waals surface area contributed by atoms with E-state index in [1.54, 1.807) is 0 Å². The molecule has 0 unspecified atom stereocenters. The highest BCUT2D eigenvalue weighted by Crippen LogP contribution is 2.41. The molecule has 2 nitrogen and oxygen atoms in total.